The quantitative estimate of drug-likeness (QED) is 0.625. The molecule has 31 heavy (non-hydrogen) atoms. The minimum atomic E-state index is -3.41. The third kappa shape index (κ3) is 4.27. The Hall–Kier alpha value is -2.21. The van der Waals surface area contributed by atoms with Crippen molar-refractivity contribution in [2.45, 2.75) is 58.3 Å². The number of allylic oxidation sites excluding steroid dienone is 2. The Kier molecular flexibility index (Phi) is 5.71. The SMILES string of the molecule is C=C(C)CC1(CC(=C)C)CCc2ccc(C3CCCN4CCS(=O)(=O)N=C34)cc2C1=O. The predicted molar refractivity (Wildman–Crippen MR) is 125 cm³/mol. The molecule has 0 aromatic heterocycles. The van der Waals surface area contributed by atoms with Crippen molar-refractivity contribution in [3.8, 4) is 0 Å². The second kappa shape index (κ2) is 8.05. The molecule has 1 aromatic carbocycles. The number of Topliss-reactive ketones (excluding diaryl/α,β-unsaturated/α-hetero) is 1. The van der Waals surface area contributed by atoms with E-state index >= 15 is 0 Å². The summed E-state index contributed by atoms with van der Waals surface area (Å²) in [6, 6.07) is 6.14. The van der Waals surface area contributed by atoms with Gasteiger partial charge >= 0.3 is 0 Å². The Labute approximate surface area is 186 Å². The van der Waals surface area contributed by atoms with E-state index in [-0.39, 0.29) is 17.5 Å². The van der Waals surface area contributed by atoms with Crippen LogP contribution in [0.3, 0.4) is 0 Å². The van der Waals surface area contributed by atoms with E-state index in [2.05, 4.69) is 34.6 Å². The number of carbonyl (C=O) groups excluding carboxylic acids is 1. The monoisotopic (exact) mass is 440 g/mol. The number of hydrogen-bond donors (Lipinski definition) is 0. The lowest BCUT2D eigenvalue weighted by molar-refractivity contribution is 0.0753. The van der Waals surface area contributed by atoms with E-state index in [4.69, 9.17) is 0 Å². The van der Waals surface area contributed by atoms with Gasteiger partial charge in [0.1, 0.15) is 5.84 Å². The van der Waals surface area contributed by atoms with Crippen molar-refractivity contribution in [1.29, 1.82) is 0 Å². The molecule has 1 aliphatic carbocycles. The number of sulfonamides is 1. The Morgan fingerprint density at radius 2 is 1.90 bits per heavy atom. The molecule has 166 valence electrons. The smallest absolute Gasteiger partial charge is 0.256 e. The van der Waals surface area contributed by atoms with Crippen LogP contribution >= 0.6 is 0 Å². The first-order valence-corrected chi connectivity index (χ1v) is 12.7. The number of aryl methyl sites for hydroxylation is 1. The number of carbonyl (C=O) groups is 1. The van der Waals surface area contributed by atoms with Crippen molar-refractivity contribution < 1.29 is 13.2 Å². The van der Waals surface area contributed by atoms with Gasteiger partial charge in [-0.25, -0.2) is 8.42 Å². The van der Waals surface area contributed by atoms with E-state index in [1.807, 2.05) is 19.9 Å². The van der Waals surface area contributed by atoms with Crippen LogP contribution in [-0.4, -0.2) is 43.8 Å². The molecule has 0 bridgehead atoms. The second-order valence-electron chi connectivity index (χ2n) is 9.71. The van der Waals surface area contributed by atoms with Gasteiger partial charge in [0.15, 0.2) is 5.78 Å². The molecule has 0 saturated carbocycles. The van der Waals surface area contributed by atoms with Crippen LogP contribution in [0.15, 0.2) is 46.9 Å². The summed E-state index contributed by atoms with van der Waals surface area (Å²) in [5.74, 6) is 0.819. The maximum absolute atomic E-state index is 13.8. The molecule has 0 radical (unpaired) electrons. The average Bonchev–Trinajstić information content (AvgIpc) is 2.69. The zero-order chi connectivity index (χ0) is 22.4. The number of fused-ring (bicyclic) bond motifs is 2. The van der Waals surface area contributed by atoms with Crippen LogP contribution in [0.4, 0.5) is 0 Å². The molecule has 4 rings (SSSR count). The van der Waals surface area contributed by atoms with E-state index < -0.39 is 15.4 Å². The van der Waals surface area contributed by atoms with E-state index in [1.165, 1.54) is 0 Å². The Morgan fingerprint density at radius 3 is 2.58 bits per heavy atom. The lowest BCUT2D eigenvalue weighted by Crippen LogP contribution is -2.46. The van der Waals surface area contributed by atoms with E-state index in [9.17, 15) is 13.2 Å². The van der Waals surface area contributed by atoms with Crippen molar-refractivity contribution in [2.24, 2.45) is 9.81 Å². The molecule has 1 saturated heterocycles. The lowest BCUT2D eigenvalue weighted by Gasteiger charge is -2.39. The second-order valence-corrected chi connectivity index (χ2v) is 11.5. The van der Waals surface area contributed by atoms with Crippen molar-refractivity contribution in [2.75, 3.05) is 18.8 Å². The number of amidine groups is 1. The average molecular weight is 441 g/mol. The highest BCUT2D eigenvalue weighted by Gasteiger charge is 2.43. The van der Waals surface area contributed by atoms with Gasteiger partial charge in [-0.2, -0.15) is 0 Å². The highest BCUT2D eigenvalue weighted by molar-refractivity contribution is 7.90. The van der Waals surface area contributed by atoms with E-state index in [1.54, 1.807) is 0 Å². The summed E-state index contributed by atoms with van der Waals surface area (Å²) in [5.41, 5.74) is 4.40. The summed E-state index contributed by atoms with van der Waals surface area (Å²) >= 11 is 0. The molecule has 6 heteroatoms. The first-order chi connectivity index (χ1) is 14.6. The van der Waals surface area contributed by atoms with Crippen LogP contribution in [0.5, 0.6) is 0 Å². The van der Waals surface area contributed by atoms with Crippen LogP contribution in [0.25, 0.3) is 0 Å². The largest absolute Gasteiger partial charge is 0.358 e. The topological polar surface area (TPSA) is 66.8 Å². The van der Waals surface area contributed by atoms with Crippen molar-refractivity contribution in [3.05, 3.63) is 59.2 Å². The molecule has 2 heterocycles. The molecule has 1 atom stereocenters. The van der Waals surface area contributed by atoms with Gasteiger partial charge in [0.2, 0.25) is 0 Å². The number of rotatable bonds is 5. The molecular weight excluding hydrogens is 408 g/mol. The molecule has 0 N–H and O–H groups in total. The first kappa shape index (κ1) is 22.0. The predicted octanol–water partition coefficient (Wildman–Crippen LogP) is 4.66. The first-order valence-electron chi connectivity index (χ1n) is 11.1. The molecule has 1 aromatic rings. The minimum Gasteiger partial charge on any atom is -0.358 e. The zero-order valence-corrected chi connectivity index (χ0v) is 19.4. The summed E-state index contributed by atoms with van der Waals surface area (Å²) in [5, 5.41) is 0. The van der Waals surface area contributed by atoms with Crippen molar-refractivity contribution in [1.82, 2.24) is 4.90 Å². The van der Waals surface area contributed by atoms with Gasteiger partial charge in [0.05, 0.1) is 5.75 Å². The maximum atomic E-state index is 13.8. The van der Waals surface area contributed by atoms with Gasteiger partial charge in [-0.3, -0.25) is 4.79 Å². The summed E-state index contributed by atoms with van der Waals surface area (Å²) in [7, 11) is -3.41. The van der Waals surface area contributed by atoms with E-state index in [0.717, 1.165) is 60.1 Å². The van der Waals surface area contributed by atoms with Gasteiger partial charge in [0.25, 0.3) is 10.0 Å². The van der Waals surface area contributed by atoms with Crippen molar-refractivity contribution >= 4 is 21.6 Å². The fourth-order valence-corrected chi connectivity index (χ4v) is 6.67. The summed E-state index contributed by atoms with van der Waals surface area (Å²) in [6.45, 7) is 13.5. The standard InChI is InChI=1S/C25H32N2O3S/c1-17(2)15-25(16-18(3)4)10-9-19-7-8-20(14-22(19)23(25)28)21-6-5-11-27-12-13-31(29,30)26-24(21)27/h7-8,14,21H,1,3,5-6,9-13,15-16H2,2,4H3. The van der Waals surface area contributed by atoms with Crippen LogP contribution in [-0.2, 0) is 16.4 Å². The Bertz CT molecular complexity index is 1070. The maximum Gasteiger partial charge on any atom is 0.256 e. The highest BCUT2D eigenvalue weighted by atomic mass is 32.2. The normalized spacial score (nSPS) is 24.1. The summed E-state index contributed by atoms with van der Waals surface area (Å²) in [6.07, 6.45) is 4.84. The molecule has 1 fully saturated rings. The minimum absolute atomic E-state index is 0.0796. The summed E-state index contributed by atoms with van der Waals surface area (Å²) < 4.78 is 28.5. The van der Waals surface area contributed by atoms with E-state index in [0.29, 0.717) is 25.2 Å². The third-order valence-electron chi connectivity index (χ3n) is 6.82. The van der Waals surface area contributed by atoms with Gasteiger partial charge < -0.3 is 4.90 Å². The zero-order valence-electron chi connectivity index (χ0n) is 18.6. The number of piperidine rings is 1. The molecule has 0 spiro atoms. The fraction of sp³-hybridized carbons (Fsp3) is 0.520. The van der Waals surface area contributed by atoms with Crippen molar-refractivity contribution in [3.63, 3.8) is 0 Å². The van der Waals surface area contributed by atoms with Crippen LogP contribution < -0.4 is 0 Å². The molecule has 5 nitrogen and oxygen atoms in total. The number of ketones is 1. The number of benzene rings is 1. The highest BCUT2D eigenvalue weighted by Crippen LogP contribution is 2.45. The molecule has 1 unspecified atom stereocenters. The Balaban J connectivity index is 1.74. The van der Waals surface area contributed by atoms with Gasteiger partial charge in [-0.15, -0.1) is 17.6 Å². The van der Waals surface area contributed by atoms with Crippen LogP contribution in [0, 0.1) is 5.41 Å². The Morgan fingerprint density at radius 1 is 1.19 bits per heavy atom. The lowest BCUT2D eigenvalue weighted by atomic mass is 9.64. The molecular formula is C25H32N2O3S. The molecule has 0 amide bonds. The number of hydrogen-bond acceptors (Lipinski definition) is 4. The van der Waals surface area contributed by atoms with Gasteiger partial charge in [-0.05, 0) is 69.6 Å². The molecule has 3 aliphatic rings. The third-order valence-corrected chi connectivity index (χ3v) is 7.99. The van der Waals surface area contributed by atoms with Crippen LogP contribution in [0.1, 0.15) is 73.4 Å². The van der Waals surface area contributed by atoms with Gasteiger partial charge in [0, 0.05) is 30.0 Å². The van der Waals surface area contributed by atoms with Gasteiger partial charge in [-0.1, -0.05) is 23.3 Å². The fourth-order valence-electron chi connectivity index (χ4n) is 5.60. The number of nitrogens with zero attached hydrogens (tertiary/aromatic N) is 2. The molecule has 2 aliphatic heterocycles. The van der Waals surface area contributed by atoms with Crippen LogP contribution in [0.2, 0.25) is 0 Å². The summed E-state index contributed by atoms with van der Waals surface area (Å²) in [4.78, 5) is 15.9.